The van der Waals surface area contributed by atoms with Crippen LogP contribution in [0.3, 0.4) is 0 Å². The Morgan fingerprint density at radius 1 is 0.926 bits per heavy atom. The average molecular weight is 774 g/mol. The minimum atomic E-state index is -5.08. The topological polar surface area (TPSA) is 184 Å². The number of amidine groups is 1. The van der Waals surface area contributed by atoms with E-state index >= 15 is 4.39 Å². The van der Waals surface area contributed by atoms with Crippen molar-refractivity contribution < 1.29 is 64.7 Å². The lowest BCUT2D eigenvalue weighted by Gasteiger charge is -2.26. The van der Waals surface area contributed by atoms with Gasteiger partial charge in [-0.2, -0.15) is 26.3 Å². The number of nitrogen functional groups attached to an aromatic ring is 1. The normalized spacial score (nSPS) is 11.0. The first-order valence-electron chi connectivity index (χ1n) is 15.9. The summed E-state index contributed by atoms with van der Waals surface area (Å²) in [5.74, 6) is -4.12. The van der Waals surface area contributed by atoms with Gasteiger partial charge in [0, 0.05) is 35.1 Å². The number of alkyl halides is 6. The number of nitrogens with zero attached hydrogens (tertiary/aromatic N) is 2. The van der Waals surface area contributed by atoms with Crippen molar-refractivity contribution in [3.8, 4) is 28.5 Å². The summed E-state index contributed by atoms with van der Waals surface area (Å²) in [7, 11) is 0. The Balaban J connectivity index is 0.000000610. The summed E-state index contributed by atoms with van der Waals surface area (Å²) in [6.07, 6.45) is -7.68. The third kappa shape index (κ3) is 13.5. The molecule has 54 heavy (non-hydrogen) atoms. The summed E-state index contributed by atoms with van der Waals surface area (Å²) in [4.78, 5) is 27.7. The molecule has 0 bridgehead atoms. The van der Waals surface area contributed by atoms with Crippen molar-refractivity contribution in [2.24, 2.45) is 5.73 Å². The second-order valence-electron chi connectivity index (χ2n) is 11.1. The SMILES string of the molecule is CCCOc1ccccc1-c1c[nH]c(CN(c2ccc(C(=N)N)cc2)c2cc(OCC)cc(OC(C)C)c2F)n1.O=C(O)C(F)(F)F.O=C(O)C(F)(F)F. The molecular weight excluding hydrogens is 735 g/mol. The van der Waals surface area contributed by atoms with Crippen LogP contribution in [0.2, 0.25) is 0 Å². The molecule has 6 N–H and O–H groups in total. The van der Waals surface area contributed by atoms with Crippen LogP contribution in [0.1, 0.15) is 45.5 Å². The number of benzene rings is 3. The van der Waals surface area contributed by atoms with E-state index in [1.165, 1.54) is 0 Å². The number of hydrogen-bond acceptors (Lipinski definition) is 8. The van der Waals surface area contributed by atoms with Crippen LogP contribution in [0.5, 0.6) is 17.2 Å². The number of H-pyrrole nitrogens is 1. The van der Waals surface area contributed by atoms with Crippen molar-refractivity contribution in [2.75, 3.05) is 18.1 Å². The van der Waals surface area contributed by atoms with Crippen molar-refractivity contribution >= 4 is 29.1 Å². The van der Waals surface area contributed by atoms with E-state index < -0.39 is 30.1 Å². The number of para-hydroxylation sites is 1. The van der Waals surface area contributed by atoms with Gasteiger partial charge in [-0.15, -0.1) is 0 Å². The Kier molecular flexibility index (Phi) is 16.1. The largest absolute Gasteiger partial charge is 0.494 e. The molecule has 0 aliphatic carbocycles. The number of aliphatic carboxylic acids is 2. The number of aromatic nitrogens is 2. The number of ether oxygens (including phenoxy) is 3. The number of anilines is 2. The van der Waals surface area contributed by atoms with Crippen molar-refractivity contribution in [3.05, 3.63) is 84.1 Å². The molecule has 1 aromatic heterocycles. The Bertz CT molecular complexity index is 1820. The maximum Gasteiger partial charge on any atom is 0.490 e. The molecule has 0 saturated heterocycles. The van der Waals surface area contributed by atoms with Gasteiger partial charge >= 0.3 is 24.3 Å². The van der Waals surface area contributed by atoms with Gasteiger partial charge in [0.15, 0.2) is 11.6 Å². The van der Waals surface area contributed by atoms with Crippen molar-refractivity contribution in [2.45, 2.75) is 59.1 Å². The molecule has 0 radical (unpaired) electrons. The number of carboxylic acids is 2. The highest BCUT2D eigenvalue weighted by molar-refractivity contribution is 5.95. The minimum absolute atomic E-state index is 0.0464. The van der Waals surface area contributed by atoms with E-state index in [9.17, 15) is 26.3 Å². The summed E-state index contributed by atoms with van der Waals surface area (Å²) in [6.45, 7) is 8.86. The molecule has 3 aromatic carbocycles. The third-order valence-electron chi connectivity index (χ3n) is 6.50. The van der Waals surface area contributed by atoms with E-state index in [2.05, 4.69) is 11.9 Å². The predicted octanol–water partition coefficient (Wildman–Crippen LogP) is 8.08. The molecule has 0 atom stereocenters. The first kappa shape index (κ1) is 44.2. The first-order chi connectivity index (χ1) is 25.2. The Labute approximate surface area is 304 Å². The predicted molar refractivity (Wildman–Crippen MR) is 184 cm³/mol. The zero-order chi connectivity index (χ0) is 40.8. The maximum atomic E-state index is 16.0. The zero-order valence-corrected chi connectivity index (χ0v) is 29.3. The first-order valence-corrected chi connectivity index (χ1v) is 15.9. The molecule has 0 fully saturated rings. The molecule has 0 unspecified atom stereocenters. The molecule has 12 nitrogen and oxygen atoms in total. The molecule has 294 valence electrons. The van der Waals surface area contributed by atoms with Crippen LogP contribution in [-0.4, -0.2) is 69.6 Å². The molecule has 1 heterocycles. The van der Waals surface area contributed by atoms with Crippen LogP contribution in [0.4, 0.5) is 42.1 Å². The molecule has 0 saturated carbocycles. The second kappa shape index (κ2) is 19.7. The van der Waals surface area contributed by atoms with Crippen LogP contribution in [0.15, 0.2) is 66.9 Å². The summed E-state index contributed by atoms with van der Waals surface area (Å²) in [5, 5.41) is 22.0. The van der Waals surface area contributed by atoms with E-state index in [0.717, 1.165) is 23.4 Å². The quantitative estimate of drug-likeness (QED) is 0.0506. The lowest BCUT2D eigenvalue weighted by molar-refractivity contribution is -0.193. The lowest BCUT2D eigenvalue weighted by Crippen LogP contribution is -2.21. The van der Waals surface area contributed by atoms with Crippen LogP contribution >= 0.6 is 0 Å². The Hall–Kier alpha value is -6.01. The number of hydrogen-bond donors (Lipinski definition) is 5. The molecule has 19 heteroatoms. The van der Waals surface area contributed by atoms with Gasteiger partial charge in [0.05, 0.1) is 37.2 Å². The van der Waals surface area contributed by atoms with Crippen LogP contribution in [0, 0.1) is 11.2 Å². The number of nitrogens with two attached hydrogens (primary N) is 1. The average Bonchev–Trinajstić information content (AvgIpc) is 3.56. The van der Waals surface area contributed by atoms with Gasteiger partial charge in [0.1, 0.15) is 23.2 Å². The van der Waals surface area contributed by atoms with Crippen LogP contribution < -0.4 is 24.8 Å². The zero-order valence-electron chi connectivity index (χ0n) is 29.3. The maximum absolute atomic E-state index is 16.0. The fraction of sp³-hybridized carbons (Fsp3) is 0.314. The highest BCUT2D eigenvalue weighted by atomic mass is 19.4. The number of rotatable bonds is 13. The van der Waals surface area contributed by atoms with Gasteiger partial charge in [0.25, 0.3) is 0 Å². The fourth-order valence-corrected chi connectivity index (χ4v) is 4.23. The van der Waals surface area contributed by atoms with Crippen LogP contribution in [-0.2, 0) is 16.1 Å². The van der Waals surface area contributed by atoms with E-state index in [4.69, 9.17) is 50.1 Å². The number of aromatic amines is 1. The molecule has 0 spiro atoms. The van der Waals surface area contributed by atoms with E-state index in [0.29, 0.717) is 36.0 Å². The summed E-state index contributed by atoms with van der Waals surface area (Å²) in [6, 6.07) is 18.0. The highest BCUT2D eigenvalue weighted by Crippen LogP contribution is 2.38. The number of halogens is 7. The smallest absolute Gasteiger partial charge is 0.490 e. The van der Waals surface area contributed by atoms with Gasteiger partial charge in [-0.3, -0.25) is 5.41 Å². The van der Waals surface area contributed by atoms with E-state index in [1.807, 2.05) is 51.2 Å². The number of imidazole rings is 1. The van der Waals surface area contributed by atoms with Crippen molar-refractivity contribution in [1.29, 1.82) is 5.41 Å². The fourth-order valence-electron chi connectivity index (χ4n) is 4.23. The second-order valence-corrected chi connectivity index (χ2v) is 11.1. The van der Waals surface area contributed by atoms with Gasteiger partial charge in [-0.25, -0.2) is 19.0 Å². The molecule has 0 amide bonds. The number of carbonyl (C=O) groups is 2. The van der Waals surface area contributed by atoms with Crippen molar-refractivity contribution in [1.82, 2.24) is 9.97 Å². The molecule has 0 aliphatic rings. The van der Waals surface area contributed by atoms with Crippen LogP contribution in [0.25, 0.3) is 11.3 Å². The highest BCUT2D eigenvalue weighted by Gasteiger charge is 2.39. The molecule has 4 aromatic rings. The lowest BCUT2D eigenvalue weighted by atomic mass is 10.1. The molecule has 0 aliphatic heterocycles. The van der Waals surface area contributed by atoms with Gasteiger partial charge in [-0.1, -0.05) is 19.1 Å². The number of nitrogens with one attached hydrogen (secondary N) is 2. The standard InChI is InChI=1S/C31H36FN5O3.2C2HF3O2/c1-5-15-39-27-10-8-7-9-24(27)25-18-35-29(36-25)19-37(22-13-11-21(12-14-22)31(33)34)26-16-23(38-6-2)17-28(30(26)32)40-20(3)4;2*3-2(4,5)1(6)7/h7-14,16-18,20H,5-6,15,19H2,1-4H3,(H3,33,34)(H,35,36);2*(H,6,7). The van der Waals surface area contributed by atoms with Gasteiger partial charge < -0.3 is 40.0 Å². The monoisotopic (exact) mass is 773 g/mol. The summed E-state index contributed by atoms with van der Waals surface area (Å²) in [5.41, 5.74) is 8.78. The van der Waals surface area contributed by atoms with Crippen molar-refractivity contribution in [3.63, 3.8) is 0 Å². The van der Waals surface area contributed by atoms with Gasteiger partial charge in [-0.05, 0) is 63.6 Å². The molecule has 4 rings (SSSR count). The summed E-state index contributed by atoms with van der Waals surface area (Å²) < 4.78 is 97.0. The number of carboxylic acid groups (broad SMARTS) is 2. The Morgan fingerprint density at radius 2 is 1.50 bits per heavy atom. The Morgan fingerprint density at radius 3 is 2.00 bits per heavy atom. The molecular formula is C35H38F7N5O7. The minimum Gasteiger partial charge on any atom is -0.494 e. The van der Waals surface area contributed by atoms with E-state index in [1.54, 1.807) is 41.3 Å². The summed E-state index contributed by atoms with van der Waals surface area (Å²) >= 11 is 0. The van der Waals surface area contributed by atoms with E-state index in [-0.39, 0.29) is 29.9 Å². The van der Waals surface area contributed by atoms with Gasteiger partial charge in [0.2, 0.25) is 0 Å². The third-order valence-corrected chi connectivity index (χ3v) is 6.50.